The first-order chi connectivity index (χ1) is 11.5. The Morgan fingerprint density at radius 1 is 1.08 bits per heavy atom. The fraction of sp³-hybridized carbons (Fsp3) is 0.294. The summed E-state index contributed by atoms with van der Waals surface area (Å²) in [4.78, 5) is 0. The molecule has 24 heavy (non-hydrogen) atoms. The van der Waals surface area contributed by atoms with Crippen LogP contribution >= 0.6 is 50.7 Å². The summed E-state index contributed by atoms with van der Waals surface area (Å²) in [5.41, 5.74) is 0.899. The minimum atomic E-state index is -0.845. The maximum Gasteiger partial charge on any atom is 0.205 e. The fourth-order valence-corrected chi connectivity index (χ4v) is 3.63. The van der Waals surface area contributed by atoms with Gasteiger partial charge < -0.3 is 14.2 Å². The van der Waals surface area contributed by atoms with Gasteiger partial charge in [-0.2, -0.15) is 0 Å². The van der Waals surface area contributed by atoms with E-state index in [1.54, 1.807) is 18.2 Å². The predicted octanol–water partition coefficient (Wildman–Crippen LogP) is 5.69. The molecular formula is C17H14BrCl3O3. The van der Waals surface area contributed by atoms with Gasteiger partial charge in [-0.25, -0.2) is 0 Å². The summed E-state index contributed by atoms with van der Waals surface area (Å²) in [6.07, 6.45) is -0.218. The molecule has 3 nitrogen and oxygen atoms in total. The summed E-state index contributed by atoms with van der Waals surface area (Å²) in [5.74, 6) is -0.282. The highest BCUT2D eigenvalue weighted by atomic mass is 79.9. The minimum Gasteiger partial charge on any atom is -0.489 e. The van der Waals surface area contributed by atoms with E-state index in [-0.39, 0.29) is 6.10 Å². The molecule has 2 aromatic rings. The van der Waals surface area contributed by atoms with Crippen LogP contribution in [0.5, 0.6) is 5.75 Å². The smallest absolute Gasteiger partial charge is 0.205 e. The topological polar surface area (TPSA) is 27.7 Å². The third-order valence-corrected chi connectivity index (χ3v) is 5.16. The number of alkyl halides is 1. The second kappa shape index (κ2) is 7.81. The Morgan fingerprint density at radius 3 is 2.46 bits per heavy atom. The van der Waals surface area contributed by atoms with Crippen molar-refractivity contribution in [3.63, 3.8) is 0 Å². The first-order valence-electron chi connectivity index (χ1n) is 7.24. The van der Waals surface area contributed by atoms with E-state index in [1.165, 1.54) is 0 Å². The molecule has 2 aromatic carbocycles. The Kier molecular flexibility index (Phi) is 5.96. The third kappa shape index (κ3) is 4.01. The highest BCUT2D eigenvalue weighted by molar-refractivity contribution is 9.09. The van der Waals surface area contributed by atoms with Crippen LogP contribution in [0.2, 0.25) is 15.1 Å². The average molecular weight is 453 g/mol. The van der Waals surface area contributed by atoms with E-state index in [1.807, 2.05) is 24.3 Å². The molecule has 1 aliphatic rings. The number of benzene rings is 2. The lowest BCUT2D eigenvalue weighted by atomic mass is 10.1. The SMILES string of the molecule is Clc1ccc(C2(CBr)OCC(COc3ccc(Cl)cc3Cl)O2)cc1. The number of halogens is 4. The van der Waals surface area contributed by atoms with Crippen LogP contribution in [0.25, 0.3) is 0 Å². The van der Waals surface area contributed by atoms with E-state index in [0.29, 0.717) is 39.4 Å². The summed E-state index contributed by atoms with van der Waals surface area (Å²) < 4.78 is 17.8. The molecule has 2 atom stereocenters. The zero-order valence-electron chi connectivity index (χ0n) is 12.5. The lowest BCUT2D eigenvalue weighted by Crippen LogP contribution is -2.31. The van der Waals surface area contributed by atoms with E-state index < -0.39 is 5.79 Å². The van der Waals surface area contributed by atoms with Crippen molar-refractivity contribution >= 4 is 50.7 Å². The van der Waals surface area contributed by atoms with Crippen molar-refractivity contribution in [2.75, 3.05) is 18.5 Å². The van der Waals surface area contributed by atoms with Crippen molar-refractivity contribution in [3.05, 3.63) is 63.1 Å². The van der Waals surface area contributed by atoms with Gasteiger partial charge in [0.1, 0.15) is 18.5 Å². The van der Waals surface area contributed by atoms with Crippen molar-refractivity contribution in [2.45, 2.75) is 11.9 Å². The van der Waals surface area contributed by atoms with Gasteiger partial charge >= 0.3 is 0 Å². The fourth-order valence-electron chi connectivity index (χ4n) is 2.42. The highest BCUT2D eigenvalue weighted by Crippen LogP contribution is 2.37. The Bertz CT molecular complexity index is 711. The second-order valence-corrected chi connectivity index (χ2v) is 7.17. The maximum absolute atomic E-state index is 6.11. The first-order valence-corrected chi connectivity index (χ1v) is 9.49. The molecule has 0 saturated carbocycles. The van der Waals surface area contributed by atoms with Gasteiger partial charge in [0, 0.05) is 15.6 Å². The number of hydrogen-bond donors (Lipinski definition) is 0. The van der Waals surface area contributed by atoms with Crippen LogP contribution in [0.3, 0.4) is 0 Å². The van der Waals surface area contributed by atoms with E-state index in [9.17, 15) is 0 Å². The van der Waals surface area contributed by atoms with Crippen LogP contribution in [0.1, 0.15) is 5.56 Å². The molecule has 0 amide bonds. The molecule has 0 N–H and O–H groups in total. The lowest BCUT2D eigenvalue weighted by Gasteiger charge is -2.26. The lowest BCUT2D eigenvalue weighted by molar-refractivity contribution is -0.159. The monoisotopic (exact) mass is 450 g/mol. The third-order valence-electron chi connectivity index (χ3n) is 3.64. The van der Waals surface area contributed by atoms with Gasteiger partial charge in [-0.1, -0.05) is 62.9 Å². The predicted molar refractivity (Wildman–Crippen MR) is 99.7 cm³/mol. The van der Waals surface area contributed by atoms with Crippen LogP contribution in [0.4, 0.5) is 0 Å². The quantitative estimate of drug-likeness (QED) is 0.546. The van der Waals surface area contributed by atoms with E-state index >= 15 is 0 Å². The molecule has 3 rings (SSSR count). The molecule has 2 unspecified atom stereocenters. The Balaban J connectivity index is 1.66. The zero-order chi connectivity index (χ0) is 17.2. The van der Waals surface area contributed by atoms with Crippen molar-refractivity contribution in [1.82, 2.24) is 0 Å². The maximum atomic E-state index is 6.11. The van der Waals surface area contributed by atoms with Crippen molar-refractivity contribution in [3.8, 4) is 5.75 Å². The molecule has 1 fully saturated rings. The van der Waals surface area contributed by atoms with Crippen LogP contribution in [-0.4, -0.2) is 24.6 Å². The van der Waals surface area contributed by atoms with Gasteiger partial charge in [0.15, 0.2) is 0 Å². The molecule has 1 saturated heterocycles. The average Bonchev–Trinajstić information content (AvgIpc) is 2.99. The summed E-state index contributed by atoms with van der Waals surface area (Å²) in [6.45, 7) is 0.739. The molecular weight excluding hydrogens is 438 g/mol. The summed E-state index contributed by atoms with van der Waals surface area (Å²) in [7, 11) is 0. The molecule has 0 aliphatic carbocycles. The number of rotatable bonds is 5. The molecule has 0 radical (unpaired) electrons. The summed E-state index contributed by atoms with van der Waals surface area (Å²) in [5, 5.41) is 2.19. The zero-order valence-corrected chi connectivity index (χ0v) is 16.3. The Labute approximate surface area is 163 Å². The van der Waals surface area contributed by atoms with E-state index in [2.05, 4.69) is 15.9 Å². The molecule has 128 valence electrons. The van der Waals surface area contributed by atoms with E-state index in [4.69, 9.17) is 49.0 Å². The Morgan fingerprint density at radius 2 is 1.79 bits per heavy atom. The standard InChI is InChI=1S/C17H14BrCl3O3/c18-10-17(11-1-3-12(19)4-2-11)23-9-14(24-17)8-22-16-6-5-13(20)7-15(16)21/h1-7,14H,8-10H2. The summed E-state index contributed by atoms with van der Waals surface area (Å²) in [6, 6.07) is 12.5. The summed E-state index contributed by atoms with van der Waals surface area (Å²) >= 11 is 21.4. The molecule has 7 heteroatoms. The van der Waals surface area contributed by atoms with Crippen LogP contribution in [-0.2, 0) is 15.3 Å². The van der Waals surface area contributed by atoms with Crippen LogP contribution in [0, 0.1) is 0 Å². The molecule has 1 aliphatic heterocycles. The van der Waals surface area contributed by atoms with Gasteiger partial charge in [0.25, 0.3) is 0 Å². The van der Waals surface area contributed by atoms with Gasteiger partial charge in [-0.3, -0.25) is 0 Å². The van der Waals surface area contributed by atoms with Crippen molar-refractivity contribution in [1.29, 1.82) is 0 Å². The van der Waals surface area contributed by atoms with Crippen molar-refractivity contribution in [2.24, 2.45) is 0 Å². The van der Waals surface area contributed by atoms with Gasteiger partial charge in [-0.15, -0.1) is 0 Å². The van der Waals surface area contributed by atoms with Gasteiger partial charge in [-0.05, 0) is 30.3 Å². The largest absolute Gasteiger partial charge is 0.489 e. The normalized spacial score (nSPS) is 23.4. The molecule has 0 spiro atoms. The van der Waals surface area contributed by atoms with Crippen LogP contribution in [0.15, 0.2) is 42.5 Å². The minimum absolute atomic E-state index is 0.218. The first kappa shape index (κ1) is 18.3. The molecule has 0 aromatic heterocycles. The van der Waals surface area contributed by atoms with Gasteiger partial charge in [0.2, 0.25) is 5.79 Å². The number of hydrogen-bond acceptors (Lipinski definition) is 3. The van der Waals surface area contributed by atoms with Crippen molar-refractivity contribution < 1.29 is 14.2 Å². The highest BCUT2D eigenvalue weighted by Gasteiger charge is 2.42. The van der Waals surface area contributed by atoms with E-state index in [0.717, 1.165) is 5.56 Å². The molecule has 0 bridgehead atoms. The molecule has 1 heterocycles. The Hall–Kier alpha value is -0.490. The number of ether oxygens (including phenoxy) is 3. The van der Waals surface area contributed by atoms with Gasteiger partial charge in [0.05, 0.1) is 17.0 Å². The second-order valence-electron chi connectivity index (χ2n) is 5.33. The van der Waals surface area contributed by atoms with Crippen LogP contribution < -0.4 is 4.74 Å².